The molecule has 3 aromatic heterocycles. The molecule has 0 saturated heterocycles. The van der Waals surface area contributed by atoms with Gasteiger partial charge in [-0.15, -0.1) is 0 Å². The van der Waals surface area contributed by atoms with E-state index in [-0.39, 0.29) is 0 Å². The Morgan fingerprint density at radius 1 is 0.600 bits per heavy atom. The molecule has 0 saturated carbocycles. The summed E-state index contributed by atoms with van der Waals surface area (Å²) in [6.45, 7) is 0. The summed E-state index contributed by atoms with van der Waals surface area (Å²) in [7, 11) is 0. The molecule has 0 bridgehead atoms. The third-order valence-electron chi connectivity index (χ3n) is 7.98. The molecule has 0 aliphatic heterocycles. The van der Waals surface area contributed by atoms with Crippen LogP contribution in [0.15, 0.2) is 121 Å². The highest BCUT2D eigenvalue weighted by atomic mass is 32.1. The molecule has 9 aromatic rings. The molecule has 3 heterocycles. The van der Waals surface area contributed by atoms with Crippen molar-refractivity contribution in [1.82, 2.24) is 18.9 Å². The predicted molar refractivity (Wildman–Crippen MR) is 167 cm³/mol. The lowest BCUT2D eigenvalue weighted by Crippen LogP contribution is -1.95. The van der Waals surface area contributed by atoms with Gasteiger partial charge in [0.15, 0.2) is 5.82 Å². The van der Waals surface area contributed by atoms with Gasteiger partial charge in [0, 0.05) is 33.8 Å². The van der Waals surface area contributed by atoms with E-state index in [9.17, 15) is 0 Å². The van der Waals surface area contributed by atoms with Crippen LogP contribution < -0.4 is 0 Å². The monoisotopic (exact) mass is 528 g/mol. The summed E-state index contributed by atoms with van der Waals surface area (Å²) in [5, 5.41) is 10.8. The molecule has 6 aromatic carbocycles. The van der Waals surface area contributed by atoms with E-state index >= 15 is 0 Å². The van der Waals surface area contributed by atoms with E-state index in [0.29, 0.717) is 0 Å². The Hall–Kier alpha value is -5.13. The van der Waals surface area contributed by atoms with Gasteiger partial charge in [0.1, 0.15) is 10.7 Å². The van der Waals surface area contributed by atoms with Crippen LogP contribution in [-0.4, -0.2) is 18.9 Å². The van der Waals surface area contributed by atoms with E-state index in [1.165, 1.54) is 43.8 Å². The topological polar surface area (TPSA) is 43.6 Å². The fraction of sp³-hybridized carbons (Fsp3) is 0. The van der Waals surface area contributed by atoms with Crippen LogP contribution in [0.5, 0.6) is 0 Å². The van der Waals surface area contributed by atoms with Crippen LogP contribution in [0.3, 0.4) is 0 Å². The summed E-state index contributed by atoms with van der Waals surface area (Å²) in [4.78, 5) is 9.82. The van der Waals surface area contributed by atoms with Gasteiger partial charge in [0.25, 0.3) is 0 Å². The average Bonchev–Trinajstić information content (AvgIpc) is 3.63. The van der Waals surface area contributed by atoms with Crippen molar-refractivity contribution in [3.05, 3.63) is 121 Å². The van der Waals surface area contributed by atoms with Crippen molar-refractivity contribution in [1.29, 1.82) is 0 Å². The summed E-state index contributed by atoms with van der Waals surface area (Å²) in [6.07, 6.45) is 1.85. The molecule has 186 valence electrons. The summed E-state index contributed by atoms with van der Waals surface area (Å²) >= 11 is 1.46. The predicted octanol–water partition coefficient (Wildman–Crippen LogP) is 9.26. The SMILES string of the molecule is c1ccc(-n2c3cc(-c4nsc(-c5ccc6ccc7cccc8ccc5c6c78)n4)ccc3c3cccnc32)cc1. The first-order chi connectivity index (χ1) is 19.8. The first-order valence-corrected chi connectivity index (χ1v) is 14.1. The molecule has 0 spiro atoms. The standard InChI is InChI=1S/C35H20N4S/c1-2-8-25(9-3-1)39-30-20-24(15-16-26(30)28-10-5-19-36-34(28)39)33-37-35(40-38-33)29-18-14-23-12-11-21-6-4-7-22-13-17-27(29)32(23)31(21)22/h1-20H. The fourth-order valence-corrected chi connectivity index (χ4v) is 6.92. The molecule has 0 amide bonds. The van der Waals surface area contributed by atoms with Crippen LogP contribution in [0.25, 0.3) is 81.9 Å². The molecular weight excluding hydrogens is 508 g/mol. The smallest absolute Gasteiger partial charge is 0.173 e. The Labute approximate surface area is 233 Å². The highest BCUT2D eigenvalue weighted by molar-refractivity contribution is 7.09. The number of para-hydroxylation sites is 1. The van der Waals surface area contributed by atoms with Gasteiger partial charge in [0.05, 0.1) is 5.52 Å². The van der Waals surface area contributed by atoms with E-state index in [1.54, 1.807) is 0 Å². The lowest BCUT2D eigenvalue weighted by atomic mass is 9.92. The minimum Gasteiger partial charge on any atom is -0.294 e. The highest BCUT2D eigenvalue weighted by Gasteiger charge is 2.18. The van der Waals surface area contributed by atoms with Crippen LogP contribution in [0.1, 0.15) is 0 Å². The molecule has 0 radical (unpaired) electrons. The normalized spacial score (nSPS) is 12.0. The van der Waals surface area contributed by atoms with Crippen molar-refractivity contribution in [2.45, 2.75) is 0 Å². The Balaban J connectivity index is 1.23. The van der Waals surface area contributed by atoms with Gasteiger partial charge >= 0.3 is 0 Å². The van der Waals surface area contributed by atoms with E-state index < -0.39 is 0 Å². The maximum atomic E-state index is 5.08. The number of pyridine rings is 1. The van der Waals surface area contributed by atoms with Crippen LogP contribution in [0.4, 0.5) is 0 Å². The lowest BCUT2D eigenvalue weighted by molar-refractivity contribution is 1.13. The molecule has 40 heavy (non-hydrogen) atoms. The zero-order valence-electron chi connectivity index (χ0n) is 21.2. The Bertz CT molecular complexity index is 2370. The first kappa shape index (κ1) is 21.8. The molecule has 9 rings (SSSR count). The second-order valence-electron chi connectivity index (χ2n) is 10.2. The van der Waals surface area contributed by atoms with Crippen molar-refractivity contribution < 1.29 is 0 Å². The van der Waals surface area contributed by atoms with Crippen molar-refractivity contribution >= 4 is 65.8 Å². The van der Waals surface area contributed by atoms with Crippen molar-refractivity contribution in [3.63, 3.8) is 0 Å². The summed E-state index contributed by atoms with van der Waals surface area (Å²) in [5.41, 5.74) is 5.24. The minimum atomic E-state index is 0.741. The third kappa shape index (κ3) is 3.04. The molecular formula is C35H20N4S. The second-order valence-corrected chi connectivity index (χ2v) is 10.9. The second kappa shape index (κ2) is 8.18. The van der Waals surface area contributed by atoms with Gasteiger partial charge < -0.3 is 0 Å². The lowest BCUT2D eigenvalue weighted by Gasteiger charge is -2.12. The molecule has 0 aliphatic rings. The minimum absolute atomic E-state index is 0.741. The van der Waals surface area contributed by atoms with Gasteiger partial charge in [-0.1, -0.05) is 84.9 Å². The van der Waals surface area contributed by atoms with Gasteiger partial charge in [-0.05, 0) is 74.2 Å². The van der Waals surface area contributed by atoms with Gasteiger partial charge in [-0.25, -0.2) is 9.97 Å². The van der Waals surface area contributed by atoms with Crippen molar-refractivity contribution in [2.75, 3.05) is 0 Å². The number of rotatable bonds is 3. The van der Waals surface area contributed by atoms with Crippen LogP contribution >= 0.6 is 11.5 Å². The molecule has 0 atom stereocenters. The number of fused-ring (bicyclic) bond motifs is 3. The molecule has 4 nitrogen and oxygen atoms in total. The van der Waals surface area contributed by atoms with Gasteiger partial charge in [0.2, 0.25) is 0 Å². The van der Waals surface area contributed by atoms with E-state index in [1.807, 2.05) is 18.3 Å². The Morgan fingerprint density at radius 2 is 1.38 bits per heavy atom. The van der Waals surface area contributed by atoms with Crippen LogP contribution in [0, 0.1) is 0 Å². The quantitative estimate of drug-likeness (QED) is 0.215. The summed E-state index contributed by atoms with van der Waals surface area (Å²) < 4.78 is 7.07. The molecule has 0 aliphatic carbocycles. The maximum Gasteiger partial charge on any atom is 0.173 e. The number of aromatic nitrogens is 4. The van der Waals surface area contributed by atoms with Gasteiger partial charge in [-0.2, -0.15) is 4.37 Å². The number of hydrogen-bond acceptors (Lipinski definition) is 4. The number of benzene rings is 6. The summed E-state index contributed by atoms with van der Waals surface area (Å²) in [6, 6.07) is 40.8. The fourth-order valence-electron chi connectivity index (χ4n) is 6.19. The average molecular weight is 529 g/mol. The van der Waals surface area contributed by atoms with Crippen LogP contribution in [0.2, 0.25) is 0 Å². The van der Waals surface area contributed by atoms with Crippen LogP contribution in [-0.2, 0) is 0 Å². The Morgan fingerprint density at radius 3 is 2.25 bits per heavy atom. The third-order valence-corrected chi connectivity index (χ3v) is 8.73. The largest absolute Gasteiger partial charge is 0.294 e. The molecule has 0 fully saturated rings. The Kier molecular flexibility index (Phi) is 4.45. The first-order valence-electron chi connectivity index (χ1n) is 13.3. The molecule has 0 unspecified atom stereocenters. The van der Waals surface area contributed by atoms with Crippen molar-refractivity contribution in [2.24, 2.45) is 0 Å². The number of hydrogen-bond donors (Lipinski definition) is 0. The van der Waals surface area contributed by atoms with E-state index in [0.717, 1.165) is 49.6 Å². The highest BCUT2D eigenvalue weighted by Crippen LogP contribution is 2.40. The van der Waals surface area contributed by atoms with E-state index in [2.05, 4.69) is 108 Å². The zero-order valence-corrected chi connectivity index (χ0v) is 22.1. The van der Waals surface area contributed by atoms with E-state index in [4.69, 9.17) is 14.3 Å². The number of nitrogens with zero attached hydrogens (tertiary/aromatic N) is 4. The summed E-state index contributed by atoms with van der Waals surface area (Å²) in [5.74, 6) is 0.741. The molecule has 0 N–H and O–H groups in total. The molecule has 5 heteroatoms. The maximum absolute atomic E-state index is 5.08. The van der Waals surface area contributed by atoms with Crippen molar-refractivity contribution in [3.8, 4) is 27.6 Å². The zero-order chi connectivity index (χ0) is 26.2. The van der Waals surface area contributed by atoms with Gasteiger partial charge in [-0.3, -0.25) is 4.57 Å².